The van der Waals surface area contributed by atoms with Crippen molar-refractivity contribution in [1.29, 1.82) is 0 Å². The fraction of sp³-hybridized carbons (Fsp3) is 0.932. The van der Waals surface area contributed by atoms with Gasteiger partial charge < -0.3 is 20.3 Å². The van der Waals surface area contributed by atoms with E-state index in [9.17, 15) is 19.8 Å². The molecule has 0 aromatic heterocycles. The van der Waals surface area contributed by atoms with Gasteiger partial charge in [0, 0.05) is 12.8 Å². The molecule has 386 valence electrons. The molecule has 6 nitrogen and oxygen atoms in total. The standard InChI is InChI=1S/C59H115NO5/c1-3-5-7-9-11-13-15-17-19-20-21-22-23-24-25-26-27-28-29-31-35-39-43-47-51-57(62)56(55-61)60-58(63)52-48-44-40-36-33-34-38-42-46-50-54-65-59(64)53-49-45-41-37-32-30-18-16-14-12-10-8-6-4-2/h34,38,56-57,61-62H,3-33,35-37,39-55H2,1-2H3,(H,60,63)/b38-34-. The van der Waals surface area contributed by atoms with Crippen molar-refractivity contribution < 1.29 is 24.5 Å². The van der Waals surface area contributed by atoms with Crippen LogP contribution < -0.4 is 5.32 Å². The van der Waals surface area contributed by atoms with E-state index < -0.39 is 12.1 Å². The number of ether oxygens (including phenoxy) is 1. The number of esters is 1. The highest BCUT2D eigenvalue weighted by atomic mass is 16.5. The van der Waals surface area contributed by atoms with Gasteiger partial charge in [-0.25, -0.2) is 0 Å². The maximum Gasteiger partial charge on any atom is 0.305 e. The second-order valence-corrected chi connectivity index (χ2v) is 20.3. The van der Waals surface area contributed by atoms with Gasteiger partial charge in [0.15, 0.2) is 0 Å². The Morgan fingerprint density at radius 1 is 0.415 bits per heavy atom. The number of nitrogens with one attached hydrogen (secondary N) is 1. The fourth-order valence-corrected chi connectivity index (χ4v) is 9.28. The monoisotopic (exact) mass is 918 g/mol. The molecule has 65 heavy (non-hydrogen) atoms. The molecule has 0 fully saturated rings. The topological polar surface area (TPSA) is 95.9 Å². The molecule has 0 aliphatic rings. The molecule has 2 unspecified atom stereocenters. The summed E-state index contributed by atoms with van der Waals surface area (Å²) in [4.78, 5) is 24.5. The predicted octanol–water partition coefficient (Wildman–Crippen LogP) is 18.1. The van der Waals surface area contributed by atoms with Crippen molar-refractivity contribution in [3.05, 3.63) is 12.2 Å². The summed E-state index contributed by atoms with van der Waals surface area (Å²) in [6.45, 7) is 4.89. The van der Waals surface area contributed by atoms with Gasteiger partial charge in [0.2, 0.25) is 5.91 Å². The lowest BCUT2D eigenvalue weighted by molar-refractivity contribution is -0.143. The second kappa shape index (κ2) is 55.2. The lowest BCUT2D eigenvalue weighted by atomic mass is 10.0. The molecule has 6 heteroatoms. The average molecular weight is 919 g/mol. The number of amides is 1. The molecule has 0 radical (unpaired) electrons. The van der Waals surface area contributed by atoms with E-state index in [0.717, 1.165) is 77.0 Å². The molecule has 0 saturated heterocycles. The number of hydrogen-bond donors (Lipinski definition) is 3. The van der Waals surface area contributed by atoms with E-state index in [1.165, 1.54) is 218 Å². The van der Waals surface area contributed by atoms with Crippen LogP contribution in [-0.2, 0) is 14.3 Å². The highest BCUT2D eigenvalue weighted by Crippen LogP contribution is 2.18. The Labute approximate surface area is 406 Å². The number of carbonyl (C=O) groups excluding carboxylic acids is 2. The first kappa shape index (κ1) is 63.6. The summed E-state index contributed by atoms with van der Waals surface area (Å²) < 4.78 is 5.44. The minimum absolute atomic E-state index is 0.0328. The third-order valence-electron chi connectivity index (χ3n) is 13.8. The number of unbranched alkanes of at least 4 members (excludes halogenated alkanes) is 42. The zero-order chi connectivity index (χ0) is 47.2. The maximum absolute atomic E-state index is 12.5. The van der Waals surface area contributed by atoms with Crippen molar-refractivity contribution in [2.24, 2.45) is 0 Å². The third-order valence-corrected chi connectivity index (χ3v) is 13.8. The van der Waals surface area contributed by atoms with E-state index in [2.05, 4.69) is 31.3 Å². The molecule has 0 heterocycles. The minimum atomic E-state index is -0.686. The Hall–Kier alpha value is -1.40. The van der Waals surface area contributed by atoms with Crippen LogP contribution in [0.4, 0.5) is 0 Å². The summed E-state index contributed by atoms with van der Waals surface area (Å²) in [6.07, 6.45) is 65.0. The maximum atomic E-state index is 12.5. The van der Waals surface area contributed by atoms with Crippen molar-refractivity contribution in [2.45, 2.75) is 341 Å². The quantitative estimate of drug-likeness (QED) is 0.0321. The van der Waals surface area contributed by atoms with Crippen molar-refractivity contribution in [3.8, 4) is 0 Å². The first-order valence-electron chi connectivity index (χ1n) is 29.4. The second-order valence-electron chi connectivity index (χ2n) is 20.3. The molecule has 1 amide bonds. The van der Waals surface area contributed by atoms with Crippen molar-refractivity contribution >= 4 is 11.9 Å². The highest BCUT2D eigenvalue weighted by molar-refractivity contribution is 5.76. The zero-order valence-electron chi connectivity index (χ0n) is 44.0. The molecule has 0 aliphatic heterocycles. The summed E-state index contributed by atoms with van der Waals surface area (Å²) in [5.74, 6) is -0.0994. The minimum Gasteiger partial charge on any atom is -0.466 e. The lowest BCUT2D eigenvalue weighted by Crippen LogP contribution is -2.45. The van der Waals surface area contributed by atoms with Crippen molar-refractivity contribution in [3.63, 3.8) is 0 Å². The number of hydrogen-bond acceptors (Lipinski definition) is 5. The molecule has 0 aliphatic carbocycles. The van der Waals surface area contributed by atoms with E-state index in [-0.39, 0.29) is 18.5 Å². The molecular weight excluding hydrogens is 803 g/mol. The lowest BCUT2D eigenvalue weighted by Gasteiger charge is -2.22. The summed E-state index contributed by atoms with van der Waals surface area (Å²) in [5, 5.41) is 23.3. The van der Waals surface area contributed by atoms with Crippen LogP contribution in [0.15, 0.2) is 12.2 Å². The van der Waals surface area contributed by atoms with Gasteiger partial charge in [-0.2, -0.15) is 0 Å². The summed E-state index contributed by atoms with van der Waals surface area (Å²) in [6, 6.07) is -0.567. The van der Waals surface area contributed by atoms with Gasteiger partial charge in [-0.3, -0.25) is 9.59 Å². The van der Waals surface area contributed by atoms with Gasteiger partial charge in [-0.05, 0) is 51.4 Å². The highest BCUT2D eigenvalue weighted by Gasteiger charge is 2.20. The molecule has 0 aromatic rings. The van der Waals surface area contributed by atoms with Gasteiger partial charge >= 0.3 is 5.97 Å². The van der Waals surface area contributed by atoms with Crippen LogP contribution in [0, 0.1) is 0 Å². The van der Waals surface area contributed by atoms with Gasteiger partial charge in [-0.1, -0.05) is 276 Å². The predicted molar refractivity (Wildman–Crippen MR) is 283 cm³/mol. The molecule has 0 spiro atoms. The molecule has 0 rings (SSSR count). The molecule has 3 N–H and O–H groups in total. The molecule has 2 atom stereocenters. The summed E-state index contributed by atoms with van der Waals surface area (Å²) in [7, 11) is 0. The molecule has 0 aromatic carbocycles. The SMILES string of the molecule is CCCCCCCCCCCCCCCCCCCCCCCCCCC(O)C(CO)NC(=O)CCCCCC/C=C\CCCCOC(=O)CCCCCCCCCCCCCCCC. The Bertz CT molecular complexity index is 970. The first-order chi connectivity index (χ1) is 32.0. The number of aliphatic hydroxyl groups excluding tert-OH is 2. The Morgan fingerprint density at radius 3 is 1.09 bits per heavy atom. The van der Waals surface area contributed by atoms with Gasteiger partial charge in [0.1, 0.15) is 0 Å². The van der Waals surface area contributed by atoms with Crippen molar-refractivity contribution in [2.75, 3.05) is 13.2 Å². The van der Waals surface area contributed by atoms with Crippen LogP contribution in [0.25, 0.3) is 0 Å². The smallest absolute Gasteiger partial charge is 0.305 e. The largest absolute Gasteiger partial charge is 0.466 e. The van der Waals surface area contributed by atoms with Crippen LogP contribution >= 0.6 is 0 Å². The third kappa shape index (κ3) is 51.8. The van der Waals surface area contributed by atoms with Crippen LogP contribution in [-0.4, -0.2) is 47.4 Å². The Kier molecular flexibility index (Phi) is 54.0. The number of carbonyl (C=O) groups is 2. The Balaban J connectivity index is 3.49. The zero-order valence-corrected chi connectivity index (χ0v) is 44.0. The summed E-state index contributed by atoms with van der Waals surface area (Å²) >= 11 is 0. The molecule has 0 saturated carbocycles. The summed E-state index contributed by atoms with van der Waals surface area (Å²) in [5.41, 5.74) is 0. The number of allylic oxidation sites excluding steroid dienone is 2. The van der Waals surface area contributed by atoms with Crippen LogP contribution in [0.1, 0.15) is 328 Å². The fourth-order valence-electron chi connectivity index (χ4n) is 9.28. The van der Waals surface area contributed by atoms with Gasteiger partial charge in [-0.15, -0.1) is 0 Å². The Morgan fingerprint density at radius 2 is 0.723 bits per heavy atom. The van der Waals surface area contributed by atoms with E-state index in [1.54, 1.807) is 0 Å². The number of rotatable bonds is 55. The molecular formula is C59H115NO5. The molecule has 0 bridgehead atoms. The van der Waals surface area contributed by atoms with Gasteiger partial charge in [0.25, 0.3) is 0 Å². The van der Waals surface area contributed by atoms with E-state index in [0.29, 0.717) is 25.9 Å². The van der Waals surface area contributed by atoms with Crippen LogP contribution in [0.3, 0.4) is 0 Å². The average Bonchev–Trinajstić information content (AvgIpc) is 3.31. The van der Waals surface area contributed by atoms with Crippen molar-refractivity contribution in [1.82, 2.24) is 5.32 Å². The van der Waals surface area contributed by atoms with E-state index >= 15 is 0 Å². The van der Waals surface area contributed by atoms with E-state index in [4.69, 9.17) is 4.74 Å². The van der Waals surface area contributed by atoms with Gasteiger partial charge in [0.05, 0.1) is 25.4 Å². The normalized spacial score (nSPS) is 12.6. The van der Waals surface area contributed by atoms with E-state index in [1.807, 2.05) is 0 Å². The number of aliphatic hydroxyl groups is 2. The first-order valence-corrected chi connectivity index (χ1v) is 29.4. The van der Waals surface area contributed by atoms with Crippen LogP contribution in [0.2, 0.25) is 0 Å². The van der Waals surface area contributed by atoms with Crippen LogP contribution in [0.5, 0.6) is 0 Å².